The van der Waals surface area contributed by atoms with Crippen LogP contribution in [0.15, 0.2) is 24.8 Å². The van der Waals surface area contributed by atoms with Gasteiger partial charge in [0.25, 0.3) is 0 Å². The summed E-state index contributed by atoms with van der Waals surface area (Å²) in [5, 5.41) is 31.2. The van der Waals surface area contributed by atoms with Gasteiger partial charge in [-0.05, 0) is 19.4 Å². The van der Waals surface area contributed by atoms with Gasteiger partial charge in [0.1, 0.15) is 0 Å². The van der Waals surface area contributed by atoms with Crippen molar-refractivity contribution in [1.82, 2.24) is 5.32 Å². The molecule has 0 radical (unpaired) electrons. The Bertz CT molecular complexity index is 377. The number of benzene rings is 1. The fourth-order valence-electron chi connectivity index (χ4n) is 1.37. The molecule has 0 aliphatic carbocycles. The van der Waals surface area contributed by atoms with Crippen LogP contribution in [-0.2, 0) is 6.54 Å². The zero-order chi connectivity index (χ0) is 12.1. The van der Waals surface area contributed by atoms with Crippen LogP contribution in [0.25, 0.3) is 0 Å². The van der Waals surface area contributed by atoms with Crippen molar-refractivity contribution in [2.75, 3.05) is 0 Å². The average molecular weight is 223 g/mol. The summed E-state index contributed by atoms with van der Waals surface area (Å²) in [6, 6.07) is 3.16. The second kappa shape index (κ2) is 5.42. The third-order valence-electron chi connectivity index (χ3n) is 2.37. The fourth-order valence-corrected chi connectivity index (χ4v) is 1.37. The highest BCUT2D eigenvalue weighted by Crippen LogP contribution is 2.36. The number of phenolic OH excluding ortho intramolecular Hbond substituents is 3. The molecule has 0 saturated carbocycles. The number of hydrogen-bond donors (Lipinski definition) is 4. The van der Waals surface area contributed by atoms with E-state index in [9.17, 15) is 10.2 Å². The molecule has 0 aliphatic heterocycles. The SMILES string of the molecule is C=CCC(C)NCc1ccc(O)c(O)c1O. The largest absolute Gasteiger partial charge is 0.504 e. The van der Waals surface area contributed by atoms with Gasteiger partial charge >= 0.3 is 0 Å². The molecule has 0 saturated heterocycles. The van der Waals surface area contributed by atoms with Gasteiger partial charge in [-0.25, -0.2) is 0 Å². The van der Waals surface area contributed by atoms with Gasteiger partial charge in [0, 0.05) is 18.2 Å². The molecule has 0 bridgehead atoms. The lowest BCUT2D eigenvalue weighted by Gasteiger charge is -2.13. The molecule has 0 amide bonds. The van der Waals surface area contributed by atoms with Crippen LogP contribution < -0.4 is 5.32 Å². The third-order valence-corrected chi connectivity index (χ3v) is 2.37. The predicted molar refractivity (Wildman–Crippen MR) is 62.6 cm³/mol. The lowest BCUT2D eigenvalue weighted by atomic mass is 10.1. The first-order chi connectivity index (χ1) is 7.56. The van der Waals surface area contributed by atoms with E-state index in [1.54, 1.807) is 6.07 Å². The average Bonchev–Trinajstić information content (AvgIpc) is 2.25. The zero-order valence-electron chi connectivity index (χ0n) is 9.27. The number of phenols is 3. The Labute approximate surface area is 94.9 Å². The fraction of sp³-hybridized carbons (Fsp3) is 0.333. The van der Waals surface area contributed by atoms with E-state index < -0.39 is 5.75 Å². The van der Waals surface area contributed by atoms with Gasteiger partial charge in [-0.1, -0.05) is 12.1 Å². The Balaban J connectivity index is 2.68. The van der Waals surface area contributed by atoms with Crippen molar-refractivity contribution in [1.29, 1.82) is 0 Å². The minimum Gasteiger partial charge on any atom is -0.504 e. The van der Waals surface area contributed by atoms with Gasteiger partial charge in [0.05, 0.1) is 0 Å². The summed E-state index contributed by atoms with van der Waals surface area (Å²) in [6.45, 7) is 6.06. The Morgan fingerprint density at radius 3 is 2.62 bits per heavy atom. The predicted octanol–water partition coefficient (Wildman–Crippen LogP) is 1.86. The van der Waals surface area contributed by atoms with Crippen LogP contribution in [0.5, 0.6) is 17.2 Å². The zero-order valence-corrected chi connectivity index (χ0v) is 9.27. The van der Waals surface area contributed by atoms with Gasteiger partial charge in [0.15, 0.2) is 11.5 Å². The maximum atomic E-state index is 9.55. The van der Waals surface area contributed by atoms with E-state index in [4.69, 9.17) is 5.11 Å². The quantitative estimate of drug-likeness (QED) is 0.454. The minimum absolute atomic E-state index is 0.243. The van der Waals surface area contributed by atoms with Crippen LogP contribution >= 0.6 is 0 Å². The van der Waals surface area contributed by atoms with Crippen molar-refractivity contribution in [2.24, 2.45) is 0 Å². The van der Waals surface area contributed by atoms with Crippen LogP contribution in [-0.4, -0.2) is 21.4 Å². The van der Waals surface area contributed by atoms with Crippen LogP contribution in [0.1, 0.15) is 18.9 Å². The van der Waals surface area contributed by atoms with E-state index >= 15 is 0 Å². The van der Waals surface area contributed by atoms with Crippen molar-refractivity contribution < 1.29 is 15.3 Å². The highest BCUT2D eigenvalue weighted by molar-refractivity contribution is 5.52. The van der Waals surface area contributed by atoms with Gasteiger partial charge in [-0.3, -0.25) is 0 Å². The Kier molecular flexibility index (Phi) is 4.19. The van der Waals surface area contributed by atoms with Crippen LogP contribution in [0.4, 0.5) is 0 Å². The molecule has 4 N–H and O–H groups in total. The molecule has 1 atom stereocenters. The molecule has 0 aliphatic rings. The summed E-state index contributed by atoms with van der Waals surface area (Å²) in [6.07, 6.45) is 2.64. The van der Waals surface area contributed by atoms with E-state index in [1.807, 2.05) is 13.0 Å². The standard InChI is InChI=1S/C12H17NO3/c1-3-4-8(2)13-7-9-5-6-10(14)12(16)11(9)15/h3,5-6,8,13-16H,1,4,7H2,2H3. The van der Waals surface area contributed by atoms with Crippen molar-refractivity contribution in [3.05, 3.63) is 30.4 Å². The summed E-state index contributed by atoms with van der Waals surface area (Å²) in [5.41, 5.74) is 0.547. The summed E-state index contributed by atoms with van der Waals surface area (Å²) >= 11 is 0. The Morgan fingerprint density at radius 2 is 2.00 bits per heavy atom. The van der Waals surface area contributed by atoms with E-state index in [0.29, 0.717) is 12.1 Å². The van der Waals surface area contributed by atoms with E-state index in [2.05, 4.69) is 11.9 Å². The molecular formula is C12H17NO3. The van der Waals surface area contributed by atoms with Crippen LogP contribution in [0, 0.1) is 0 Å². The highest BCUT2D eigenvalue weighted by atomic mass is 16.3. The smallest absolute Gasteiger partial charge is 0.200 e. The van der Waals surface area contributed by atoms with Gasteiger partial charge < -0.3 is 20.6 Å². The molecule has 1 aromatic carbocycles. The lowest BCUT2D eigenvalue weighted by molar-refractivity contribution is 0.363. The monoisotopic (exact) mass is 223 g/mol. The molecular weight excluding hydrogens is 206 g/mol. The first kappa shape index (κ1) is 12.4. The summed E-state index contributed by atoms with van der Waals surface area (Å²) in [7, 11) is 0. The molecule has 88 valence electrons. The summed E-state index contributed by atoms with van der Waals surface area (Å²) in [4.78, 5) is 0. The molecule has 0 aromatic heterocycles. The summed E-state index contributed by atoms with van der Waals surface area (Å²) < 4.78 is 0. The van der Waals surface area contributed by atoms with Gasteiger partial charge in [-0.2, -0.15) is 0 Å². The normalized spacial score (nSPS) is 12.3. The molecule has 1 rings (SSSR count). The van der Waals surface area contributed by atoms with Gasteiger partial charge in [-0.15, -0.1) is 6.58 Å². The minimum atomic E-state index is -0.476. The van der Waals surface area contributed by atoms with Crippen molar-refractivity contribution in [3.8, 4) is 17.2 Å². The summed E-state index contributed by atoms with van der Waals surface area (Å²) in [5.74, 6) is -1.07. The van der Waals surface area contributed by atoms with E-state index in [0.717, 1.165) is 6.42 Å². The second-order valence-corrected chi connectivity index (χ2v) is 3.75. The topological polar surface area (TPSA) is 72.7 Å². The van der Waals surface area contributed by atoms with Crippen LogP contribution in [0.2, 0.25) is 0 Å². The third kappa shape index (κ3) is 2.90. The van der Waals surface area contributed by atoms with Crippen LogP contribution in [0.3, 0.4) is 0 Å². The molecule has 0 fully saturated rings. The number of aromatic hydroxyl groups is 3. The highest BCUT2D eigenvalue weighted by Gasteiger charge is 2.11. The maximum Gasteiger partial charge on any atom is 0.200 e. The molecule has 1 unspecified atom stereocenters. The lowest BCUT2D eigenvalue weighted by Crippen LogP contribution is -2.24. The molecule has 0 spiro atoms. The molecule has 0 heterocycles. The molecule has 4 heteroatoms. The first-order valence-corrected chi connectivity index (χ1v) is 5.13. The van der Waals surface area contributed by atoms with Crippen molar-refractivity contribution in [2.45, 2.75) is 25.9 Å². The first-order valence-electron chi connectivity index (χ1n) is 5.13. The number of hydrogen-bond acceptors (Lipinski definition) is 4. The Morgan fingerprint density at radius 1 is 1.31 bits per heavy atom. The van der Waals surface area contributed by atoms with E-state index in [-0.39, 0.29) is 17.5 Å². The molecule has 1 aromatic rings. The number of rotatable bonds is 5. The molecule has 16 heavy (non-hydrogen) atoms. The Hall–Kier alpha value is -1.68. The van der Waals surface area contributed by atoms with Crippen molar-refractivity contribution >= 4 is 0 Å². The van der Waals surface area contributed by atoms with Crippen molar-refractivity contribution in [3.63, 3.8) is 0 Å². The van der Waals surface area contributed by atoms with Gasteiger partial charge in [0.2, 0.25) is 5.75 Å². The second-order valence-electron chi connectivity index (χ2n) is 3.75. The maximum absolute atomic E-state index is 9.55. The van der Waals surface area contributed by atoms with E-state index in [1.165, 1.54) is 6.07 Å². The number of nitrogens with one attached hydrogen (secondary N) is 1. The molecule has 4 nitrogen and oxygen atoms in total.